The summed E-state index contributed by atoms with van der Waals surface area (Å²) in [6.45, 7) is 0. The number of hydrogen-bond acceptors (Lipinski definition) is 4. The van der Waals surface area contributed by atoms with Gasteiger partial charge in [-0.2, -0.15) is 0 Å². The van der Waals surface area contributed by atoms with Gasteiger partial charge in [-0.1, -0.05) is 24.3 Å². The molecule has 0 atom stereocenters. The predicted molar refractivity (Wildman–Crippen MR) is 58.5 cm³/mol. The van der Waals surface area contributed by atoms with E-state index in [2.05, 4.69) is 0 Å². The molecule has 0 aliphatic heterocycles. The van der Waals surface area contributed by atoms with Gasteiger partial charge in [0, 0.05) is 10.8 Å². The summed E-state index contributed by atoms with van der Waals surface area (Å²) in [6, 6.07) is 9.48. The molecule has 0 radical (unpaired) electrons. The molecular formula is C11H9NaO4S. The normalized spacial score (nSPS) is 10.9. The fourth-order valence-corrected chi connectivity index (χ4v) is 2.34. The number of methoxy groups -OCH3 is 1. The van der Waals surface area contributed by atoms with Crippen LogP contribution in [-0.4, -0.2) is 20.1 Å². The van der Waals surface area contributed by atoms with Crippen molar-refractivity contribution in [2.45, 2.75) is 4.90 Å². The Kier molecular flexibility index (Phi) is 4.57. The third-order valence-electron chi connectivity index (χ3n) is 2.33. The third-order valence-corrected chi connectivity index (χ3v) is 3.23. The number of rotatable bonds is 2. The molecular weight excluding hydrogens is 251 g/mol. The zero-order valence-corrected chi connectivity index (χ0v) is 12.3. The molecule has 0 saturated heterocycles. The van der Waals surface area contributed by atoms with E-state index in [9.17, 15) is 13.0 Å². The van der Waals surface area contributed by atoms with Crippen molar-refractivity contribution in [1.29, 1.82) is 0 Å². The van der Waals surface area contributed by atoms with Gasteiger partial charge in [-0.3, -0.25) is 0 Å². The minimum Gasteiger partial charge on any atom is -0.744 e. The molecule has 0 aliphatic rings. The van der Waals surface area contributed by atoms with Crippen molar-refractivity contribution in [1.82, 2.24) is 0 Å². The fourth-order valence-electron chi connectivity index (χ4n) is 1.65. The second-order valence-electron chi connectivity index (χ2n) is 3.27. The number of hydrogen-bond donors (Lipinski definition) is 0. The Labute approximate surface area is 122 Å². The molecule has 17 heavy (non-hydrogen) atoms. The number of fused-ring (bicyclic) bond motifs is 1. The van der Waals surface area contributed by atoms with Crippen LogP contribution < -0.4 is 34.3 Å². The maximum Gasteiger partial charge on any atom is 1.00 e. The largest absolute Gasteiger partial charge is 1.00 e. The van der Waals surface area contributed by atoms with E-state index in [1.54, 1.807) is 24.3 Å². The molecule has 0 saturated carbocycles. The first-order valence-electron chi connectivity index (χ1n) is 4.55. The average Bonchev–Trinajstić information content (AvgIpc) is 2.26. The van der Waals surface area contributed by atoms with Crippen molar-refractivity contribution in [2.75, 3.05) is 7.11 Å². The van der Waals surface area contributed by atoms with Crippen molar-refractivity contribution >= 4 is 20.9 Å². The first kappa shape index (κ1) is 14.5. The summed E-state index contributed by atoms with van der Waals surface area (Å²) in [5.74, 6) is 0.544. The minimum absolute atomic E-state index is 0. The summed E-state index contributed by atoms with van der Waals surface area (Å²) < 4.78 is 38.2. The van der Waals surface area contributed by atoms with E-state index in [0.717, 1.165) is 0 Å². The molecule has 0 fully saturated rings. The Bertz CT molecular complexity index is 637. The number of benzene rings is 2. The molecule has 0 bridgehead atoms. The van der Waals surface area contributed by atoms with Crippen LogP contribution >= 0.6 is 0 Å². The molecule has 84 valence electrons. The molecule has 0 unspecified atom stereocenters. The molecule has 0 N–H and O–H groups in total. The second-order valence-corrected chi connectivity index (χ2v) is 4.61. The van der Waals surface area contributed by atoms with E-state index in [0.29, 0.717) is 16.5 Å². The van der Waals surface area contributed by atoms with Crippen LogP contribution in [0.4, 0.5) is 0 Å². The van der Waals surface area contributed by atoms with Gasteiger partial charge in [0.25, 0.3) is 0 Å². The van der Waals surface area contributed by atoms with Gasteiger partial charge in [-0.05, 0) is 12.1 Å². The van der Waals surface area contributed by atoms with Crippen LogP contribution in [0.25, 0.3) is 10.8 Å². The summed E-state index contributed by atoms with van der Waals surface area (Å²) >= 11 is 0. The van der Waals surface area contributed by atoms with E-state index in [1.807, 2.05) is 0 Å². The summed E-state index contributed by atoms with van der Waals surface area (Å²) in [5, 5.41) is 0.999. The van der Waals surface area contributed by atoms with Crippen molar-refractivity contribution < 1.29 is 47.3 Å². The SMILES string of the molecule is COc1cccc2c(S(=O)(=O)[O-])cccc12.[Na+]. The van der Waals surface area contributed by atoms with Crippen LogP contribution in [0.2, 0.25) is 0 Å². The van der Waals surface area contributed by atoms with Crippen LogP contribution in [0, 0.1) is 0 Å². The molecule has 0 heterocycles. The molecule has 2 aromatic carbocycles. The Morgan fingerprint density at radius 3 is 2.24 bits per heavy atom. The molecule has 0 amide bonds. The van der Waals surface area contributed by atoms with Gasteiger partial charge in [-0.15, -0.1) is 0 Å². The van der Waals surface area contributed by atoms with Gasteiger partial charge in [0.2, 0.25) is 0 Å². The Hall–Kier alpha value is -0.590. The van der Waals surface area contributed by atoms with Gasteiger partial charge in [0.15, 0.2) is 0 Å². The van der Waals surface area contributed by atoms with Gasteiger partial charge in [0.05, 0.1) is 12.0 Å². The van der Waals surface area contributed by atoms with E-state index in [1.165, 1.54) is 19.2 Å². The van der Waals surface area contributed by atoms with E-state index >= 15 is 0 Å². The fraction of sp³-hybridized carbons (Fsp3) is 0.0909. The number of ether oxygens (including phenoxy) is 1. The quantitative estimate of drug-likeness (QED) is 0.500. The topological polar surface area (TPSA) is 66.4 Å². The van der Waals surface area contributed by atoms with Gasteiger partial charge in [-0.25, -0.2) is 8.42 Å². The van der Waals surface area contributed by atoms with Crippen LogP contribution in [0.3, 0.4) is 0 Å². The van der Waals surface area contributed by atoms with Crippen molar-refractivity contribution in [3.63, 3.8) is 0 Å². The van der Waals surface area contributed by atoms with Crippen molar-refractivity contribution in [3.05, 3.63) is 36.4 Å². The summed E-state index contributed by atoms with van der Waals surface area (Å²) in [6.07, 6.45) is 0. The van der Waals surface area contributed by atoms with Crippen LogP contribution in [0.5, 0.6) is 5.75 Å². The Morgan fingerprint density at radius 1 is 1.06 bits per heavy atom. The molecule has 0 aromatic heterocycles. The van der Waals surface area contributed by atoms with Crippen LogP contribution in [-0.2, 0) is 10.1 Å². The van der Waals surface area contributed by atoms with Gasteiger partial charge < -0.3 is 9.29 Å². The van der Waals surface area contributed by atoms with Crippen LogP contribution in [0.1, 0.15) is 0 Å². The average molecular weight is 260 g/mol. The smallest absolute Gasteiger partial charge is 0.744 e. The third kappa shape index (κ3) is 2.81. The Morgan fingerprint density at radius 2 is 1.65 bits per heavy atom. The maximum absolute atomic E-state index is 11.1. The summed E-state index contributed by atoms with van der Waals surface area (Å²) in [7, 11) is -2.97. The monoisotopic (exact) mass is 260 g/mol. The summed E-state index contributed by atoms with van der Waals surface area (Å²) in [5.41, 5.74) is 0. The first-order chi connectivity index (χ1) is 7.54. The molecule has 6 heteroatoms. The molecule has 0 spiro atoms. The molecule has 2 aromatic rings. The van der Waals surface area contributed by atoms with Gasteiger partial charge in [0.1, 0.15) is 15.9 Å². The minimum atomic E-state index is -4.46. The predicted octanol–water partition coefficient (Wildman–Crippen LogP) is -1.24. The van der Waals surface area contributed by atoms with Gasteiger partial charge >= 0.3 is 29.6 Å². The van der Waals surface area contributed by atoms with Crippen LogP contribution in [0.15, 0.2) is 41.3 Å². The maximum atomic E-state index is 11.1. The Balaban J connectivity index is 0.00000144. The van der Waals surface area contributed by atoms with E-state index < -0.39 is 10.1 Å². The first-order valence-corrected chi connectivity index (χ1v) is 5.96. The van der Waals surface area contributed by atoms with Crippen molar-refractivity contribution in [2.24, 2.45) is 0 Å². The van der Waals surface area contributed by atoms with E-state index in [-0.39, 0.29) is 34.5 Å². The van der Waals surface area contributed by atoms with Crippen molar-refractivity contribution in [3.8, 4) is 5.75 Å². The zero-order valence-electron chi connectivity index (χ0n) is 9.51. The van der Waals surface area contributed by atoms with E-state index in [4.69, 9.17) is 4.74 Å². The zero-order chi connectivity index (χ0) is 11.8. The second kappa shape index (κ2) is 5.37. The molecule has 0 aliphatic carbocycles. The molecule has 2 rings (SSSR count). The molecule has 4 nitrogen and oxygen atoms in total. The standard InChI is InChI=1S/C11H10O4S.Na/c1-15-10-6-2-5-9-8(10)4-3-7-11(9)16(12,13)14;/h2-7H,1H3,(H,12,13,14);/q;+1/p-1. The summed E-state index contributed by atoms with van der Waals surface area (Å²) in [4.78, 5) is -0.219.